The Labute approximate surface area is 196 Å². The van der Waals surface area contributed by atoms with Crippen LogP contribution in [0.5, 0.6) is 0 Å². The zero-order valence-electron chi connectivity index (χ0n) is 17.6. The number of anilines is 1. The number of halogens is 2. The van der Waals surface area contributed by atoms with E-state index in [0.29, 0.717) is 17.1 Å². The van der Waals surface area contributed by atoms with Crippen LogP contribution < -0.4 is 5.32 Å². The number of aryl methyl sites for hydroxylation is 3. The molecule has 0 bridgehead atoms. The molecule has 3 nitrogen and oxygen atoms in total. The Hall–Kier alpha value is -2.87. The number of carbonyl (C=O) groups is 1. The molecule has 0 fully saturated rings. The van der Waals surface area contributed by atoms with E-state index in [1.165, 1.54) is 16.7 Å². The average Bonchev–Trinajstić information content (AvgIpc) is 2.70. The molecule has 3 rings (SSSR count). The number of carbonyl (C=O) groups excluding carboxylic acids is 1. The van der Waals surface area contributed by atoms with Crippen LogP contribution in [0.4, 0.5) is 5.69 Å². The fourth-order valence-electron chi connectivity index (χ4n) is 3.43. The van der Waals surface area contributed by atoms with Gasteiger partial charge in [0.15, 0.2) is 0 Å². The van der Waals surface area contributed by atoms with Crippen molar-refractivity contribution in [1.82, 2.24) is 0 Å². The van der Waals surface area contributed by atoms with E-state index in [2.05, 4.69) is 53.3 Å². The number of hydrogen-bond donors (Lipinski definition) is 1. The van der Waals surface area contributed by atoms with Crippen LogP contribution in [0.1, 0.15) is 33.4 Å². The van der Waals surface area contributed by atoms with Crippen LogP contribution in [0.3, 0.4) is 0 Å². The van der Waals surface area contributed by atoms with Gasteiger partial charge in [-0.25, -0.2) is 0 Å². The second-order valence-electron chi connectivity index (χ2n) is 7.60. The molecule has 0 saturated carbocycles. The van der Waals surface area contributed by atoms with E-state index < -0.39 is 5.91 Å². The molecule has 3 aromatic carbocycles. The van der Waals surface area contributed by atoms with Crippen molar-refractivity contribution < 1.29 is 4.79 Å². The molecule has 3 aromatic rings. The Balaban J connectivity index is 1.92. The molecular formula is C26H22BrClN2O. The SMILES string of the molecule is Cc1cc(C)cc(Cc2ccc(Br)cc2/C=C(\C#N)C(=O)Nc2ccc(C)c(Cl)c2)c1. The molecule has 0 aliphatic carbocycles. The monoisotopic (exact) mass is 492 g/mol. The van der Waals surface area contributed by atoms with Gasteiger partial charge in [-0.1, -0.05) is 69.0 Å². The Morgan fingerprint density at radius 3 is 2.42 bits per heavy atom. The minimum Gasteiger partial charge on any atom is -0.321 e. The highest BCUT2D eigenvalue weighted by atomic mass is 79.9. The Bertz CT molecular complexity index is 1200. The maximum atomic E-state index is 12.7. The fourth-order valence-corrected chi connectivity index (χ4v) is 3.98. The van der Waals surface area contributed by atoms with Crippen molar-refractivity contribution >= 4 is 45.2 Å². The summed E-state index contributed by atoms with van der Waals surface area (Å²) < 4.78 is 0.880. The van der Waals surface area contributed by atoms with E-state index in [0.717, 1.165) is 21.2 Å². The molecule has 0 spiro atoms. The third-order valence-electron chi connectivity index (χ3n) is 4.88. The zero-order chi connectivity index (χ0) is 22.5. The second kappa shape index (κ2) is 9.96. The molecule has 0 atom stereocenters. The first-order chi connectivity index (χ1) is 14.7. The van der Waals surface area contributed by atoms with Crippen molar-refractivity contribution in [2.75, 3.05) is 5.32 Å². The van der Waals surface area contributed by atoms with Gasteiger partial charge < -0.3 is 5.32 Å². The number of rotatable bonds is 5. The first kappa shape index (κ1) is 22.8. The molecule has 0 aromatic heterocycles. The summed E-state index contributed by atoms with van der Waals surface area (Å²) >= 11 is 9.64. The van der Waals surface area contributed by atoms with Gasteiger partial charge in [0.05, 0.1) is 0 Å². The maximum Gasteiger partial charge on any atom is 0.266 e. The third kappa shape index (κ3) is 6.07. The molecule has 0 radical (unpaired) electrons. The number of nitrogens with one attached hydrogen (secondary N) is 1. The lowest BCUT2D eigenvalue weighted by atomic mass is 9.96. The first-order valence-corrected chi connectivity index (χ1v) is 11.0. The summed E-state index contributed by atoms with van der Waals surface area (Å²) in [5.74, 6) is -0.472. The van der Waals surface area contributed by atoms with Gasteiger partial charge in [-0.05, 0) is 79.8 Å². The largest absolute Gasteiger partial charge is 0.321 e. The summed E-state index contributed by atoms with van der Waals surface area (Å²) in [7, 11) is 0. The Morgan fingerprint density at radius 1 is 1.06 bits per heavy atom. The molecule has 0 aliphatic rings. The topological polar surface area (TPSA) is 52.9 Å². The van der Waals surface area contributed by atoms with Gasteiger partial charge in [-0.15, -0.1) is 0 Å². The smallest absolute Gasteiger partial charge is 0.266 e. The normalized spacial score (nSPS) is 11.2. The molecule has 31 heavy (non-hydrogen) atoms. The minimum absolute atomic E-state index is 0.0245. The number of nitriles is 1. The Morgan fingerprint density at radius 2 is 1.77 bits per heavy atom. The van der Waals surface area contributed by atoms with Crippen molar-refractivity contribution in [1.29, 1.82) is 5.26 Å². The molecule has 1 N–H and O–H groups in total. The number of benzene rings is 3. The van der Waals surface area contributed by atoms with Gasteiger partial charge in [-0.2, -0.15) is 5.26 Å². The summed E-state index contributed by atoms with van der Waals surface area (Å²) in [5.41, 5.74) is 6.95. The van der Waals surface area contributed by atoms with Crippen LogP contribution in [-0.4, -0.2) is 5.91 Å². The number of hydrogen-bond acceptors (Lipinski definition) is 2. The first-order valence-electron chi connectivity index (χ1n) is 9.80. The van der Waals surface area contributed by atoms with Gasteiger partial charge in [-0.3, -0.25) is 4.79 Å². The van der Waals surface area contributed by atoms with Crippen LogP contribution in [-0.2, 0) is 11.2 Å². The molecule has 1 amide bonds. The van der Waals surface area contributed by atoms with Crippen molar-refractivity contribution in [3.63, 3.8) is 0 Å². The summed E-state index contributed by atoms with van der Waals surface area (Å²) in [5, 5.41) is 13.0. The second-order valence-corrected chi connectivity index (χ2v) is 8.93. The molecule has 0 heterocycles. The van der Waals surface area contributed by atoms with Crippen molar-refractivity contribution in [2.24, 2.45) is 0 Å². The predicted molar refractivity (Wildman–Crippen MR) is 131 cm³/mol. The van der Waals surface area contributed by atoms with Crippen molar-refractivity contribution in [2.45, 2.75) is 27.2 Å². The van der Waals surface area contributed by atoms with Crippen molar-refractivity contribution in [3.8, 4) is 6.07 Å². The van der Waals surface area contributed by atoms with Crippen LogP contribution >= 0.6 is 27.5 Å². The number of nitrogens with zero attached hydrogens (tertiary/aromatic N) is 1. The summed E-state index contributed by atoms with van der Waals surface area (Å²) in [6.45, 7) is 6.04. The summed E-state index contributed by atoms with van der Waals surface area (Å²) in [6.07, 6.45) is 2.34. The van der Waals surface area contributed by atoms with Crippen LogP contribution in [0.2, 0.25) is 5.02 Å². The molecule has 0 unspecified atom stereocenters. The van der Waals surface area contributed by atoms with Gasteiger partial charge in [0.1, 0.15) is 11.6 Å². The van der Waals surface area contributed by atoms with E-state index in [-0.39, 0.29) is 5.57 Å². The van der Waals surface area contributed by atoms with Gasteiger partial charge in [0.25, 0.3) is 5.91 Å². The summed E-state index contributed by atoms with van der Waals surface area (Å²) in [6, 6.07) is 19.6. The molecular weight excluding hydrogens is 472 g/mol. The van der Waals surface area contributed by atoms with E-state index in [1.54, 1.807) is 18.2 Å². The minimum atomic E-state index is -0.472. The highest BCUT2D eigenvalue weighted by molar-refractivity contribution is 9.10. The van der Waals surface area contributed by atoms with Crippen LogP contribution in [0.25, 0.3) is 6.08 Å². The Kier molecular flexibility index (Phi) is 7.33. The highest BCUT2D eigenvalue weighted by Gasteiger charge is 2.12. The quantitative estimate of drug-likeness (QED) is 0.303. The van der Waals surface area contributed by atoms with E-state index in [4.69, 9.17) is 11.6 Å². The van der Waals surface area contributed by atoms with Gasteiger partial charge in [0, 0.05) is 15.2 Å². The van der Waals surface area contributed by atoms with Crippen LogP contribution in [0, 0.1) is 32.1 Å². The van der Waals surface area contributed by atoms with E-state index >= 15 is 0 Å². The van der Waals surface area contributed by atoms with Crippen molar-refractivity contribution in [3.05, 3.63) is 103 Å². The van der Waals surface area contributed by atoms with E-state index in [9.17, 15) is 10.1 Å². The van der Waals surface area contributed by atoms with Crippen LogP contribution in [0.15, 0.2) is 64.6 Å². The summed E-state index contributed by atoms with van der Waals surface area (Å²) in [4.78, 5) is 12.7. The molecule has 156 valence electrons. The highest BCUT2D eigenvalue weighted by Crippen LogP contribution is 2.24. The lowest BCUT2D eigenvalue weighted by Crippen LogP contribution is -2.13. The maximum absolute atomic E-state index is 12.7. The third-order valence-corrected chi connectivity index (χ3v) is 5.78. The van der Waals surface area contributed by atoms with Gasteiger partial charge >= 0.3 is 0 Å². The standard InChI is InChI=1S/C26H22BrClN2O/c1-16-8-17(2)10-19(9-16)11-20-5-6-23(27)13-21(20)12-22(15-29)26(31)30-24-7-4-18(3)25(28)14-24/h4-10,12-14H,11H2,1-3H3,(H,30,31)/b22-12+. The van der Waals surface area contributed by atoms with E-state index in [1.807, 2.05) is 37.3 Å². The predicted octanol–water partition coefficient (Wildman–Crippen LogP) is 7.16. The number of amides is 1. The molecule has 0 saturated heterocycles. The lowest BCUT2D eigenvalue weighted by Gasteiger charge is -2.10. The molecule has 0 aliphatic heterocycles. The van der Waals surface area contributed by atoms with Gasteiger partial charge in [0.2, 0.25) is 0 Å². The molecule has 5 heteroatoms. The lowest BCUT2D eigenvalue weighted by molar-refractivity contribution is -0.112. The average molecular weight is 494 g/mol. The zero-order valence-corrected chi connectivity index (χ0v) is 19.9. The fraction of sp³-hybridized carbons (Fsp3) is 0.154.